The molecule has 0 amide bonds. The van der Waals surface area contributed by atoms with Crippen LogP contribution in [0.2, 0.25) is 0 Å². The van der Waals surface area contributed by atoms with Gasteiger partial charge in [-0.2, -0.15) is 0 Å². The summed E-state index contributed by atoms with van der Waals surface area (Å²) in [6.45, 7) is 14.9. The molecule has 1 aromatic rings. The van der Waals surface area contributed by atoms with E-state index in [1.165, 1.54) is 0 Å². The molecule has 1 aromatic carbocycles. The van der Waals surface area contributed by atoms with Gasteiger partial charge in [0.05, 0.1) is 5.41 Å². The molecule has 2 rings (SSSR count). The minimum atomic E-state index is -0.505. The molecule has 2 unspecified atom stereocenters. The van der Waals surface area contributed by atoms with Crippen molar-refractivity contribution < 1.29 is 9.53 Å². The molecule has 0 aromatic heterocycles. The van der Waals surface area contributed by atoms with E-state index in [1.54, 1.807) is 0 Å². The first-order valence-corrected chi connectivity index (χ1v) is 9.24. The predicted molar refractivity (Wildman–Crippen MR) is 106 cm³/mol. The average molecular weight is 341 g/mol. The summed E-state index contributed by atoms with van der Waals surface area (Å²) in [6, 6.07) is 5.87. The second kappa shape index (κ2) is 7.19. The van der Waals surface area contributed by atoms with Gasteiger partial charge < -0.3 is 4.74 Å². The van der Waals surface area contributed by atoms with Gasteiger partial charge in [0.25, 0.3) is 0 Å². The first-order valence-electron chi connectivity index (χ1n) is 9.24. The molecule has 1 aliphatic carbocycles. The summed E-state index contributed by atoms with van der Waals surface area (Å²) >= 11 is 0. The number of carbonyl (C=O) groups is 1. The Morgan fingerprint density at radius 3 is 2.24 bits per heavy atom. The van der Waals surface area contributed by atoms with Crippen molar-refractivity contribution in [2.24, 2.45) is 22.7 Å². The summed E-state index contributed by atoms with van der Waals surface area (Å²) < 4.78 is 5.82. The fraction of sp³-hybridized carbons (Fsp3) is 0.522. The molecular formula is C23H32O2. The fourth-order valence-corrected chi connectivity index (χ4v) is 3.32. The van der Waals surface area contributed by atoms with E-state index in [-0.39, 0.29) is 17.3 Å². The van der Waals surface area contributed by atoms with Crippen molar-refractivity contribution >= 4 is 18.1 Å². The standard InChI is InChI=1S/C23H32O2/c1-16(2)23(7,15-22(4,5)6)21(24)25-20-13-12-18-10-8-17(3)9-11-19(18)14-20/h8-14,16-17H,15H2,1-7H3. The molecule has 0 heterocycles. The van der Waals surface area contributed by atoms with Crippen molar-refractivity contribution in [2.75, 3.05) is 0 Å². The second-order valence-corrected chi connectivity index (χ2v) is 9.07. The van der Waals surface area contributed by atoms with Gasteiger partial charge in [0, 0.05) is 0 Å². The van der Waals surface area contributed by atoms with Gasteiger partial charge in [0.2, 0.25) is 0 Å². The molecule has 0 spiro atoms. The number of allylic oxidation sites excluding steroid dienone is 2. The van der Waals surface area contributed by atoms with Gasteiger partial charge in [-0.3, -0.25) is 4.79 Å². The second-order valence-electron chi connectivity index (χ2n) is 9.07. The Labute approximate surface area is 153 Å². The van der Waals surface area contributed by atoms with Gasteiger partial charge in [-0.05, 0) is 53.9 Å². The van der Waals surface area contributed by atoms with Crippen molar-refractivity contribution in [1.82, 2.24) is 0 Å². The van der Waals surface area contributed by atoms with E-state index in [4.69, 9.17) is 4.74 Å². The largest absolute Gasteiger partial charge is 0.426 e. The highest BCUT2D eigenvalue weighted by Crippen LogP contribution is 2.40. The zero-order chi connectivity index (χ0) is 18.8. The molecule has 25 heavy (non-hydrogen) atoms. The van der Waals surface area contributed by atoms with Crippen LogP contribution in [0.3, 0.4) is 0 Å². The maximum atomic E-state index is 13.0. The molecule has 0 saturated heterocycles. The van der Waals surface area contributed by atoms with Crippen LogP contribution < -0.4 is 4.74 Å². The summed E-state index contributed by atoms with van der Waals surface area (Å²) in [4.78, 5) is 13.0. The van der Waals surface area contributed by atoms with E-state index < -0.39 is 5.41 Å². The van der Waals surface area contributed by atoms with Crippen molar-refractivity contribution in [3.8, 4) is 5.75 Å². The SMILES string of the molecule is CC1C=Cc2ccc(OC(=O)C(C)(CC(C)(C)C)C(C)C)cc2C=C1. The topological polar surface area (TPSA) is 26.3 Å². The van der Waals surface area contributed by atoms with Crippen LogP contribution in [0.1, 0.15) is 66.0 Å². The molecule has 1 aliphatic rings. The van der Waals surface area contributed by atoms with Gasteiger partial charge in [-0.25, -0.2) is 0 Å². The highest BCUT2D eigenvalue weighted by atomic mass is 16.5. The predicted octanol–water partition coefficient (Wildman–Crippen LogP) is 6.37. The third-order valence-electron chi connectivity index (χ3n) is 5.07. The minimum absolute atomic E-state index is 0.0650. The van der Waals surface area contributed by atoms with Gasteiger partial charge in [0.15, 0.2) is 0 Å². The first kappa shape index (κ1) is 19.5. The summed E-state index contributed by atoms with van der Waals surface area (Å²) in [5, 5.41) is 0. The van der Waals surface area contributed by atoms with Gasteiger partial charge in [-0.1, -0.05) is 71.9 Å². The zero-order valence-electron chi connectivity index (χ0n) is 16.7. The molecule has 0 radical (unpaired) electrons. The Morgan fingerprint density at radius 2 is 1.68 bits per heavy atom. The zero-order valence-corrected chi connectivity index (χ0v) is 16.7. The Hall–Kier alpha value is -1.83. The number of hydrogen-bond donors (Lipinski definition) is 0. The van der Waals surface area contributed by atoms with Crippen molar-refractivity contribution in [2.45, 2.75) is 54.9 Å². The van der Waals surface area contributed by atoms with Crippen molar-refractivity contribution in [3.63, 3.8) is 0 Å². The quantitative estimate of drug-likeness (QED) is 0.470. The number of fused-ring (bicyclic) bond motifs is 1. The van der Waals surface area contributed by atoms with E-state index in [0.29, 0.717) is 11.7 Å². The summed E-state index contributed by atoms with van der Waals surface area (Å²) in [5.41, 5.74) is 1.81. The lowest BCUT2D eigenvalue weighted by Gasteiger charge is -2.36. The molecule has 0 bridgehead atoms. The summed E-state index contributed by atoms with van der Waals surface area (Å²) in [7, 11) is 0. The lowest BCUT2D eigenvalue weighted by Crippen LogP contribution is -2.40. The molecule has 0 aliphatic heterocycles. The number of carbonyl (C=O) groups excluding carboxylic acids is 1. The number of rotatable bonds is 4. The average Bonchev–Trinajstić information content (AvgIpc) is 2.67. The molecule has 136 valence electrons. The minimum Gasteiger partial charge on any atom is -0.426 e. The fourth-order valence-electron chi connectivity index (χ4n) is 3.32. The molecule has 0 fully saturated rings. The Bertz CT molecular complexity index is 689. The van der Waals surface area contributed by atoms with Crippen LogP contribution in [0.15, 0.2) is 30.4 Å². The van der Waals surface area contributed by atoms with Crippen LogP contribution in [0.5, 0.6) is 5.75 Å². The molecule has 0 saturated carbocycles. The normalized spacial score (nSPS) is 19.3. The van der Waals surface area contributed by atoms with Crippen LogP contribution in [0.4, 0.5) is 0 Å². The maximum absolute atomic E-state index is 13.0. The van der Waals surface area contributed by atoms with Crippen LogP contribution in [-0.2, 0) is 4.79 Å². The number of ether oxygens (including phenoxy) is 1. The van der Waals surface area contributed by atoms with E-state index >= 15 is 0 Å². The van der Waals surface area contributed by atoms with E-state index in [1.807, 2.05) is 25.1 Å². The van der Waals surface area contributed by atoms with Crippen molar-refractivity contribution in [1.29, 1.82) is 0 Å². The van der Waals surface area contributed by atoms with Crippen LogP contribution in [0, 0.1) is 22.7 Å². The van der Waals surface area contributed by atoms with E-state index in [2.05, 4.69) is 65.8 Å². The van der Waals surface area contributed by atoms with Crippen LogP contribution >= 0.6 is 0 Å². The maximum Gasteiger partial charge on any atom is 0.317 e. The van der Waals surface area contributed by atoms with Crippen molar-refractivity contribution in [3.05, 3.63) is 41.5 Å². The monoisotopic (exact) mass is 340 g/mol. The van der Waals surface area contributed by atoms with E-state index in [9.17, 15) is 4.79 Å². The van der Waals surface area contributed by atoms with Crippen LogP contribution in [-0.4, -0.2) is 5.97 Å². The first-order chi connectivity index (χ1) is 11.5. The molecule has 2 heteroatoms. The number of hydrogen-bond acceptors (Lipinski definition) is 2. The third-order valence-corrected chi connectivity index (χ3v) is 5.07. The van der Waals surface area contributed by atoms with Gasteiger partial charge >= 0.3 is 5.97 Å². The number of benzene rings is 1. The number of esters is 1. The highest BCUT2D eigenvalue weighted by Gasteiger charge is 2.41. The lowest BCUT2D eigenvalue weighted by atomic mass is 9.69. The van der Waals surface area contributed by atoms with Gasteiger partial charge in [-0.15, -0.1) is 0 Å². The molecular weight excluding hydrogens is 308 g/mol. The Balaban J connectivity index is 2.25. The van der Waals surface area contributed by atoms with Gasteiger partial charge in [0.1, 0.15) is 5.75 Å². The Morgan fingerprint density at radius 1 is 1.08 bits per heavy atom. The molecule has 2 atom stereocenters. The lowest BCUT2D eigenvalue weighted by molar-refractivity contribution is -0.149. The third kappa shape index (κ3) is 4.84. The Kier molecular flexibility index (Phi) is 5.61. The summed E-state index contributed by atoms with van der Waals surface area (Å²) in [5.74, 6) is 1.11. The molecule has 0 N–H and O–H groups in total. The smallest absolute Gasteiger partial charge is 0.317 e. The molecule has 2 nitrogen and oxygen atoms in total. The highest BCUT2D eigenvalue weighted by molar-refractivity contribution is 5.80. The van der Waals surface area contributed by atoms with Crippen LogP contribution in [0.25, 0.3) is 12.2 Å². The summed E-state index contributed by atoms with van der Waals surface area (Å²) in [6.07, 6.45) is 9.36. The van der Waals surface area contributed by atoms with E-state index in [0.717, 1.165) is 17.5 Å².